The van der Waals surface area contributed by atoms with Gasteiger partial charge in [0.05, 0.1) is 6.42 Å². The largest absolute Gasteiger partial charge is 0.353 e. The normalized spacial score (nSPS) is 14.8. The second-order valence-corrected chi connectivity index (χ2v) is 5.94. The molecule has 1 fully saturated rings. The summed E-state index contributed by atoms with van der Waals surface area (Å²) >= 11 is 0. The summed E-state index contributed by atoms with van der Waals surface area (Å²) in [4.78, 5) is 35.6. The molecule has 6 nitrogen and oxygen atoms in total. The number of aromatic amines is 1. The molecule has 0 spiro atoms. The molecule has 1 aliphatic rings. The van der Waals surface area contributed by atoms with Crippen molar-refractivity contribution in [2.45, 2.75) is 45.1 Å². The number of rotatable bonds is 4. The van der Waals surface area contributed by atoms with E-state index in [1.807, 2.05) is 0 Å². The zero-order chi connectivity index (χ0) is 16.2. The molecule has 2 N–H and O–H groups in total. The molecule has 0 atom stereocenters. The van der Waals surface area contributed by atoms with Gasteiger partial charge in [0.25, 0.3) is 5.56 Å². The van der Waals surface area contributed by atoms with Crippen LogP contribution in [0.25, 0.3) is 11.4 Å². The number of hydrogen-bond acceptors (Lipinski definition) is 4. The van der Waals surface area contributed by atoms with E-state index in [0.29, 0.717) is 17.1 Å². The lowest BCUT2D eigenvalue weighted by molar-refractivity contribution is -0.121. The Balaban J connectivity index is 1.78. The van der Waals surface area contributed by atoms with Crippen LogP contribution in [0.3, 0.4) is 0 Å². The van der Waals surface area contributed by atoms with Gasteiger partial charge in [0.1, 0.15) is 5.82 Å². The Hall–Kier alpha value is -2.50. The number of carbonyl (C=O) groups is 1. The molecule has 1 amide bonds. The molecule has 0 aliphatic heterocycles. The minimum absolute atomic E-state index is 0.0707. The molecule has 2 heterocycles. The Morgan fingerprint density at radius 1 is 1.30 bits per heavy atom. The molecule has 6 heteroatoms. The van der Waals surface area contributed by atoms with Gasteiger partial charge in [-0.3, -0.25) is 14.6 Å². The summed E-state index contributed by atoms with van der Waals surface area (Å²) in [5.74, 6) is 0.388. The molecular formula is C17H20N4O2. The molecule has 0 bridgehead atoms. The van der Waals surface area contributed by atoms with Crippen molar-refractivity contribution in [1.82, 2.24) is 20.3 Å². The highest BCUT2D eigenvalue weighted by molar-refractivity contribution is 5.79. The van der Waals surface area contributed by atoms with Crippen LogP contribution in [0.1, 0.15) is 36.9 Å². The Kier molecular flexibility index (Phi) is 4.50. The summed E-state index contributed by atoms with van der Waals surface area (Å²) in [6, 6.07) is 3.82. The number of aryl methyl sites for hydroxylation is 1. The van der Waals surface area contributed by atoms with Gasteiger partial charge in [-0.25, -0.2) is 4.98 Å². The third-order valence-electron chi connectivity index (χ3n) is 4.23. The van der Waals surface area contributed by atoms with Crippen LogP contribution < -0.4 is 10.9 Å². The molecule has 0 radical (unpaired) electrons. The number of nitrogens with one attached hydrogen (secondary N) is 2. The van der Waals surface area contributed by atoms with Crippen LogP contribution in [0.4, 0.5) is 0 Å². The van der Waals surface area contributed by atoms with Gasteiger partial charge in [0, 0.05) is 35.3 Å². The van der Waals surface area contributed by atoms with E-state index in [1.165, 1.54) is 0 Å². The van der Waals surface area contributed by atoms with Crippen LogP contribution in [-0.2, 0) is 11.2 Å². The first-order valence-corrected chi connectivity index (χ1v) is 7.93. The van der Waals surface area contributed by atoms with Crippen molar-refractivity contribution >= 4 is 5.91 Å². The van der Waals surface area contributed by atoms with E-state index in [-0.39, 0.29) is 23.9 Å². The Bertz CT molecular complexity index is 749. The molecule has 2 aromatic heterocycles. The van der Waals surface area contributed by atoms with Crippen molar-refractivity contribution in [2.24, 2.45) is 0 Å². The monoisotopic (exact) mass is 312 g/mol. The predicted octanol–water partition coefficient (Wildman–Crippen LogP) is 1.74. The summed E-state index contributed by atoms with van der Waals surface area (Å²) < 4.78 is 0. The first-order valence-electron chi connectivity index (χ1n) is 7.93. The number of aromatic nitrogens is 3. The molecular weight excluding hydrogens is 292 g/mol. The Morgan fingerprint density at radius 2 is 2.00 bits per heavy atom. The number of hydrogen-bond donors (Lipinski definition) is 2. The first-order chi connectivity index (χ1) is 11.1. The molecule has 0 saturated heterocycles. The van der Waals surface area contributed by atoms with Gasteiger partial charge >= 0.3 is 0 Å². The lowest BCUT2D eigenvalue weighted by Gasteiger charge is -2.12. The summed E-state index contributed by atoms with van der Waals surface area (Å²) in [7, 11) is 0. The molecule has 23 heavy (non-hydrogen) atoms. The van der Waals surface area contributed by atoms with Gasteiger partial charge in [0.2, 0.25) is 5.91 Å². The lowest BCUT2D eigenvalue weighted by atomic mass is 10.1. The zero-order valence-corrected chi connectivity index (χ0v) is 13.1. The van der Waals surface area contributed by atoms with E-state index < -0.39 is 0 Å². The van der Waals surface area contributed by atoms with Crippen molar-refractivity contribution in [3.05, 3.63) is 46.1 Å². The molecule has 120 valence electrons. The smallest absolute Gasteiger partial charge is 0.255 e. The van der Waals surface area contributed by atoms with Crippen molar-refractivity contribution in [1.29, 1.82) is 0 Å². The minimum Gasteiger partial charge on any atom is -0.353 e. The maximum atomic E-state index is 12.3. The fourth-order valence-electron chi connectivity index (χ4n) is 2.97. The average Bonchev–Trinajstić information content (AvgIpc) is 3.04. The van der Waals surface area contributed by atoms with E-state index in [0.717, 1.165) is 31.2 Å². The van der Waals surface area contributed by atoms with Gasteiger partial charge in [-0.15, -0.1) is 0 Å². The number of carbonyl (C=O) groups excluding carboxylic acids is 1. The molecule has 1 aliphatic carbocycles. The summed E-state index contributed by atoms with van der Waals surface area (Å²) in [5, 5.41) is 3.00. The maximum absolute atomic E-state index is 12.3. The van der Waals surface area contributed by atoms with Crippen molar-refractivity contribution in [3.8, 4) is 11.4 Å². The summed E-state index contributed by atoms with van der Waals surface area (Å²) in [6.07, 6.45) is 7.74. The predicted molar refractivity (Wildman–Crippen MR) is 86.9 cm³/mol. The maximum Gasteiger partial charge on any atom is 0.255 e. The van der Waals surface area contributed by atoms with Crippen molar-refractivity contribution in [3.63, 3.8) is 0 Å². The number of H-pyrrole nitrogens is 1. The van der Waals surface area contributed by atoms with Crippen LogP contribution in [0.15, 0.2) is 29.3 Å². The van der Waals surface area contributed by atoms with Gasteiger partial charge < -0.3 is 10.3 Å². The van der Waals surface area contributed by atoms with Crippen LogP contribution in [0.5, 0.6) is 0 Å². The van der Waals surface area contributed by atoms with Crippen LogP contribution in [0, 0.1) is 6.92 Å². The third-order valence-corrected chi connectivity index (χ3v) is 4.23. The number of amides is 1. The van der Waals surface area contributed by atoms with E-state index in [9.17, 15) is 9.59 Å². The fourth-order valence-corrected chi connectivity index (χ4v) is 2.97. The minimum atomic E-state index is -0.258. The first kappa shape index (κ1) is 15.4. The van der Waals surface area contributed by atoms with E-state index in [1.54, 1.807) is 31.5 Å². The highest BCUT2D eigenvalue weighted by Gasteiger charge is 2.19. The van der Waals surface area contributed by atoms with Gasteiger partial charge in [-0.1, -0.05) is 12.8 Å². The Labute approximate surface area is 134 Å². The Morgan fingerprint density at radius 3 is 2.65 bits per heavy atom. The fraction of sp³-hybridized carbons (Fsp3) is 0.412. The highest BCUT2D eigenvalue weighted by atomic mass is 16.2. The SMILES string of the molecule is Cc1nc(-c2ccncc2)[nH]c(=O)c1CC(=O)NC1CCCC1. The van der Waals surface area contributed by atoms with E-state index >= 15 is 0 Å². The van der Waals surface area contributed by atoms with Crippen LogP contribution in [0.2, 0.25) is 0 Å². The quantitative estimate of drug-likeness (QED) is 0.900. The molecule has 3 rings (SSSR count). The number of pyridine rings is 1. The third kappa shape index (κ3) is 3.64. The summed E-state index contributed by atoms with van der Waals surface area (Å²) in [5.41, 5.74) is 1.55. The molecule has 2 aromatic rings. The average molecular weight is 312 g/mol. The lowest BCUT2D eigenvalue weighted by Crippen LogP contribution is -2.35. The van der Waals surface area contributed by atoms with Crippen LogP contribution in [-0.4, -0.2) is 26.9 Å². The van der Waals surface area contributed by atoms with Crippen LogP contribution >= 0.6 is 0 Å². The summed E-state index contributed by atoms with van der Waals surface area (Å²) in [6.45, 7) is 1.76. The van der Waals surface area contributed by atoms with E-state index in [4.69, 9.17) is 0 Å². The van der Waals surface area contributed by atoms with Gasteiger partial charge in [-0.2, -0.15) is 0 Å². The van der Waals surface area contributed by atoms with Crippen molar-refractivity contribution < 1.29 is 4.79 Å². The molecule has 0 unspecified atom stereocenters. The van der Waals surface area contributed by atoms with E-state index in [2.05, 4.69) is 20.3 Å². The second kappa shape index (κ2) is 6.73. The van der Waals surface area contributed by atoms with Gasteiger partial charge in [0.15, 0.2) is 0 Å². The second-order valence-electron chi connectivity index (χ2n) is 5.94. The standard InChI is InChI=1S/C17H20N4O2/c1-11-14(10-15(22)20-13-4-2-3-5-13)17(23)21-16(19-11)12-6-8-18-9-7-12/h6-9,13H,2-5,10H2,1H3,(H,20,22)(H,19,21,23). The molecule has 0 aromatic carbocycles. The van der Waals surface area contributed by atoms with Gasteiger partial charge in [-0.05, 0) is 31.9 Å². The molecule has 1 saturated carbocycles. The topological polar surface area (TPSA) is 87.7 Å². The highest BCUT2D eigenvalue weighted by Crippen LogP contribution is 2.18. The van der Waals surface area contributed by atoms with Crippen molar-refractivity contribution in [2.75, 3.05) is 0 Å². The zero-order valence-electron chi connectivity index (χ0n) is 13.1. The number of nitrogens with zero attached hydrogens (tertiary/aromatic N) is 2.